The molecule has 0 amide bonds. The van der Waals surface area contributed by atoms with Crippen molar-refractivity contribution in [3.63, 3.8) is 0 Å². The fraction of sp³-hybridized carbons (Fsp3) is 0.625. The number of fused-ring (bicyclic) bond motifs is 3. The number of nitrogens with two attached hydrogens (primary N) is 1. The molecule has 1 saturated carbocycles. The summed E-state index contributed by atoms with van der Waals surface area (Å²) in [5.41, 5.74) is 6.05. The molecule has 0 bridgehead atoms. The lowest BCUT2D eigenvalue weighted by atomic mass is 9.73. The molecule has 1 aromatic heterocycles. The Labute approximate surface area is 73.3 Å². The van der Waals surface area contributed by atoms with Gasteiger partial charge in [0.2, 0.25) is 0 Å². The predicted molar refractivity (Wildman–Crippen MR) is 42.4 cm³/mol. The maximum Gasteiger partial charge on any atom is 0.292 e. The van der Waals surface area contributed by atoms with Crippen LogP contribution < -0.4 is 5.73 Å². The molecular formula is C8H9F2N3. The molecule has 0 radical (unpaired) electrons. The summed E-state index contributed by atoms with van der Waals surface area (Å²) < 4.78 is 27.0. The Kier molecular flexibility index (Phi) is 1.04. The summed E-state index contributed by atoms with van der Waals surface area (Å²) in [6.07, 6.45) is 1.41. The lowest BCUT2D eigenvalue weighted by Crippen LogP contribution is -2.31. The molecule has 2 aliphatic carbocycles. The Morgan fingerprint density at radius 3 is 2.85 bits per heavy atom. The number of rotatable bonds is 0. The zero-order valence-corrected chi connectivity index (χ0v) is 6.85. The minimum atomic E-state index is -2.73. The number of aromatic nitrogens is 2. The maximum absolute atomic E-state index is 13.5. The average molecular weight is 185 g/mol. The lowest BCUT2D eigenvalue weighted by Gasteiger charge is -2.33. The molecule has 1 fully saturated rings. The number of hydrogen-bond acceptors (Lipinski definition) is 2. The van der Waals surface area contributed by atoms with Gasteiger partial charge in [0.25, 0.3) is 5.92 Å². The Hall–Kier alpha value is -1.13. The zero-order valence-electron chi connectivity index (χ0n) is 6.85. The van der Waals surface area contributed by atoms with Crippen LogP contribution in [0.15, 0.2) is 0 Å². The first-order chi connectivity index (χ1) is 6.12. The fourth-order valence-electron chi connectivity index (χ4n) is 2.46. The number of nitrogen functional groups attached to an aromatic ring is 1. The summed E-state index contributed by atoms with van der Waals surface area (Å²) in [5.74, 6) is -3.06. The first-order valence-electron chi connectivity index (χ1n) is 4.34. The summed E-state index contributed by atoms with van der Waals surface area (Å²) in [7, 11) is 0. The van der Waals surface area contributed by atoms with Crippen LogP contribution in [0.25, 0.3) is 0 Å². The molecule has 2 atom stereocenters. The van der Waals surface area contributed by atoms with Crippen LogP contribution in [-0.4, -0.2) is 10.2 Å². The van der Waals surface area contributed by atoms with Crippen molar-refractivity contribution < 1.29 is 8.78 Å². The predicted octanol–water partition coefficient (Wildman–Crippen LogP) is 1.59. The first-order valence-corrected chi connectivity index (χ1v) is 4.34. The summed E-state index contributed by atoms with van der Waals surface area (Å²) in [5, 5.41) is 5.98. The highest BCUT2D eigenvalue weighted by atomic mass is 19.3. The van der Waals surface area contributed by atoms with Crippen molar-refractivity contribution >= 4 is 5.82 Å². The molecule has 3 N–H and O–H groups in total. The molecule has 70 valence electrons. The monoisotopic (exact) mass is 185 g/mol. The normalized spacial score (nSPS) is 33.7. The van der Waals surface area contributed by atoms with Gasteiger partial charge < -0.3 is 5.73 Å². The Bertz CT molecular complexity index is 371. The van der Waals surface area contributed by atoms with E-state index in [1.165, 1.54) is 0 Å². The van der Waals surface area contributed by atoms with Crippen LogP contribution in [0.2, 0.25) is 0 Å². The summed E-state index contributed by atoms with van der Waals surface area (Å²) in [4.78, 5) is 0. The van der Waals surface area contributed by atoms with Gasteiger partial charge in [-0.3, -0.25) is 5.10 Å². The van der Waals surface area contributed by atoms with Crippen LogP contribution in [0.5, 0.6) is 0 Å². The van der Waals surface area contributed by atoms with E-state index in [4.69, 9.17) is 5.73 Å². The standard InChI is InChI=1S/C8H9F2N3/c9-8(10)4-2-1-3(4)5-6(8)12-13-7(5)11/h3-4H,1-2H2,(H3,11,12,13)/t3?,4-/m1/s1. The van der Waals surface area contributed by atoms with Gasteiger partial charge in [-0.2, -0.15) is 13.9 Å². The van der Waals surface area contributed by atoms with Crippen LogP contribution in [0.1, 0.15) is 30.0 Å². The molecule has 1 unspecified atom stereocenters. The number of H-pyrrole nitrogens is 1. The summed E-state index contributed by atoms with van der Waals surface area (Å²) in [6.45, 7) is 0. The van der Waals surface area contributed by atoms with E-state index >= 15 is 0 Å². The first kappa shape index (κ1) is 7.29. The largest absolute Gasteiger partial charge is 0.382 e. The van der Waals surface area contributed by atoms with Crippen LogP contribution in [0.3, 0.4) is 0 Å². The second kappa shape index (κ2) is 1.86. The van der Waals surface area contributed by atoms with Gasteiger partial charge in [-0.15, -0.1) is 0 Å². The molecule has 0 spiro atoms. The highest BCUT2D eigenvalue weighted by molar-refractivity contribution is 5.52. The molecule has 3 rings (SSSR count). The van der Waals surface area contributed by atoms with Gasteiger partial charge in [-0.05, 0) is 18.8 Å². The molecule has 0 saturated heterocycles. The highest BCUT2D eigenvalue weighted by Crippen LogP contribution is 2.62. The fourth-order valence-corrected chi connectivity index (χ4v) is 2.46. The smallest absolute Gasteiger partial charge is 0.292 e. The summed E-state index contributed by atoms with van der Waals surface area (Å²) in [6, 6.07) is 0. The molecule has 13 heavy (non-hydrogen) atoms. The highest BCUT2D eigenvalue weighted by Gasteiger charge is 2.60. The molecule has 3 nitrogen and oxygen atoms in total. The Morgan fingerprint density at radius 1 is 1.46 bits per heavy atom. The molecule has 5 heteroatoms. The minimum Gasteiger partial charge on any atom is -0.382 e. The number of aromatic amines is 1. The molecule has 1 aromatic rings. The number of alkyl halides is 2. The van der Waals surface area contributed by atoms with Crippen molar-refractivity contribution in [3.8, 4) is 0 Å². The van der Waals surface area contributed by atoms with Gasteiger partial charge in [0.15, 0.2) is 0 Å². The maximum atomic E-state index is 13.5. The Balaban J connectivity index is 2.23. The van der Waals surface area contributed by atoms with E-state index < -0.39 is 11.8 Å². The van der Waals surface area contributed by atoms with Crippen molar-refractivity contribution in [2.45, 2.75) is 24.7 Å². The molecule has 1 heterocycles. The molecule has 0 aromatic carbocycles. The third-order valence-electron chi connectivity index (χ3n) is 3.28. The van der Waals surface area contributed by atoms with E-state index in [2.05, 4.69) is 10.2 Å². The van der Waals surface area contributed by atoms with Gasteiger partial charge in [0.1, 0.15) is 11.5 Å². The van der Waals surface area contributed by atoms with Crippen molar-refractivity contribution in [1.82, 2.24) is 10.2 Å². The van der Waals surface area contributed by atoms with E-state index in [9.17, 15) is 8.78 Å². The second-order valence-corrected chi connectivity index (χ2v) is 3.81. The van der Waals surface area contributed by atoms with E-state index in [-0.39, 0.29) is 17.4 Å². The van der Waals surface area contributed by atoms with Crippen LogP contribution in [0.4, 0.5) is 14.6 Å². The number of nitrogens with zero attached hydrogens (tertiary/aromatic N) is 1. The third kappa shape index (κ3) is 0.629. The number of hydrogen-bond donors (Lipinski definition) is 2. The van der Waals surface area contributed by atoms with E-state index in [1.807, 2.05) is 0 Å². The van der Waals surface area contributed by atoms with Gasteiger partial charge in [-0.1, -0.05) is 0 Å². The van der Waals surface area contributed by atoms with Crippen molar-refractivity contribution in [1.29, 1.82) is 0 Å². The topological polar surface area (TPSA) is 54.7 Å². The Morgan fingerprint density at radius 2 is 2.23 bits per heavy atom. The molecule has 2 aliphatic rings. The van der Waals surface area contributed by atoms with Gasteiger partial charge in [0, 0.05) is 11.5 Å². The average Bonchev–Trinajstić information content (AvgIpc) is 2.35. The molecular weight excluding hydrogens is 176 g/mol. The summed E-state index contributed by atoms with van der Waals surface area (Å²) >= 11 is 0. The number of halogens is 2. The second-order valence-electron chi connectivity index (χ2n) is 3.81. The van der Waals surface area contributed by atoms with Crippen molar-refractivity contribution in [2.24, 2.45) is 5.92 Å². The molecule has 0 aliphatic heterocycles. The van der Waals surface area contributed by atoms with Crippen LogP contribution in [-0.2, 0) is 5.92 Å². The third-order valence-corrected chi connectivity index (χ3v) is 3.28. The van der Waals surface area contributed by atoms with E-state index in [0.29, 0.717) is 12.0 Å². The van der Waals surface area contributed by atoms with E-state index in [1.54, 1.807) is 0 Å². The number of nitrogens with one attached hydrogen (secondary N) is 1. The van der Waals surface area contributed by atoms with Crippen LogP contribution in [0, 0.1) is 5.92 Å². The number of anilines is 1. The quantitative estimate of drug-likeness (QED) is 0.644. The van der Waals surface area contributed by atoms with Crippen molar-refractivity contribution in [2.75, 3.05) is 5.73 Å². The SMILES string of the molecule is Nc1n[nH]c2c1C1CC[C@H]1C2(F)F. The van der Waals surface area contributed by atoms with Crippen LogP contribution >= 0.6 is 0 Å². The van der Waals surface area contributed by atoms with Gasteiger partial charge in [-0.25, -0.2) is 0 Å². The minimum absolute atomic E-state index is 0.0440. The van der Waals surface area contributed by atoms with Gasteiger partial charge >= 0.3 is 0 Å². The van der Waals surface area contributed by atoms with E-state index in [0.717, 1.165) is 6.42 Å². The lowest BCUT2D eigenvalue weighted by molar-refractivity contribution is -0.0905. The van der Waals surface area contributed by atoms with Gasteiger partial charge in [0.05, 0.1) is 0 Å². The zero-order chi connectivity index (χ0) is 9.22. The van der Waals surface area contributed by atoms with Crippen molar-refractivity contribution in [3.05, 3.63) is 11.3 Å².